The van der Waals surface area contributed by atoms with Crippen LogP contribution in [0.15, 0.2) is 29.6 Å². The number of fused-ring (bicyclic) bond motifs is 1. The molecule has 1 aromatic carbocycles. The van der Waals surface area contributed by atoms with Crippen molar-refractivity contribution < 1.29 is 4.92 Å². The number of non-ortho nitro benzene ring substituents is 1. The molecule has 6 heteroatoms. The minimum absolute atomic E-state index is 0.0950. The average Bonchev–Trinajstić information content (AvgIpc) is 2.93. The van der Waals surface area contributed by atoms with Gasteiger partial charge in [-0.1, -0.05) is 0 Å². The number of hydrogen-bond acceptors (Lipinski definition) is 4. The fourth-order valence-electron chi connectivity index (χ4n) is 2.56. The first-order valence-electron chi connectivity index (χ1n) is 6.32. The molecule has 20 heavy (non-hydrogen) atoms. The Bertz CT molecular complexity index is 656. The minimum Gasteiger partial charge on any atom is -0.367 e. The van der Waals surface area contributed by atoms with Gasteiger partial charge in [-0.2, -0.15) is 0 Å². The normalized spacial score (nSPS) is 14.2. The highest BCUT2D eigenvalue weighted by atomic mass is 35.5. The van der Waals surface area contributed by atoms with Crippen molar-refractivity contribution in [2.75, 3.05) is 11.4 Å². The van der Waals surface area contributed by atoms with E-state index in [1.165, 1.54) is 10.4 Å². The molecule has 0 saturated carbocycles. The van der Waals surface area contributed by atoms with Crippen molar-refractivity contribution in [1.29, 1.82) is 0 Å². The van der Waals surface area contributed by atoms with Crippen LogP contribution in [0.25, 0.3) is 0 Å². The number of halogens is 1. The maximum Gasteiger partial charge on any atom is 0.269 e. The van der Waals surface area contributed by atoms with Crippen LogP contribution in [-0.4, -0.2) is 11.5 Å². The van der Waals surface area contributed by atoms with Gasteiger partial charge in [-0.3, -0.25) is 10.1 Å². The second kappa shape index (κ2) is 5.42. The van der Waals surface area contributed by atoms with Gasteiger partial charge in [-0.25, -0.2) is 0 Å². The molecule has 0 unspecified atom stereocenters. The van der Waals surface area contributed by atoms with Crippen molar-refractivity contribution in [2.45, 2.75) is 18.8 Å². The molecule has 0 aliphatic carbocycles. The van der Waals surface area contributed by atoms with Crippen LogP contribution in [0, 0.1) is 10.1 Å². The predicted octanol–water partition coefficient (Wildman–Crippen LogP) is 3.96. The maximum atomic E-state index is 10.8. The van der Waals surface area contributed by atoms with E-state index in [2.05, 4.69) is 16.3 Å². The van der Waals surface area contributed by atoms with Crippen LogP contribution >= 0.6 is 22.9 Å². The zero-order valence-corrected chi connectivity index (χ0v) is 12.3. The molecule has 0 bridgehead atoms. The van der Waals surface area contributed by atoms with Crippen molar-refractivity contribution in [1.82, 2.24) is 0 Å². The van der Waals surface area contributed by atoms with Crippen LogP contribution in [0.5, 0.6) is 0 Å². The smallest absolute Gasteiger partial charge is 0.269 e. The van der Waals surface area contributed by atoms with E-state index in [0.717, 1.165) is 30.8 Å². The first kappa shape index (κ1) is 13.4. The average molecular weight is 309 g/mol. The molecule has 3 rings (SSSR count). The summed E-state index contributed by atoms with van der Waals surface area (Å²) in [7, 11) is 0. The number of hydrogen-bond donors (Lipinski definition) is 0. The molecule has 4 nitrogen and oxygen atoms in total. The van der Waals surface area contributed by atoms with Crippen LogP contribution in [0.1, 0.15) is 16.0 Å². The summed E-state index contributed by atoms with van der Waals surface area (Å²) in [6, 6.07) is 7.09. The first-order chi connectivity index (χ1) is 9.69. The van der Waals surface area contributed by atoms with Gasteiger partial charge in [0.1, 0.15) is 0 Å². The summed E-state index contributed by atoms with van der Waals surface area (Å²) in [5.41, 5.74) is 3.26. The van der Waals surface area contributed by atoms with Gasteiger partial charge in [-0.05, 0) is 35.1 Å². The van der Waals surface area contributed by atoms with Gasteiger partial charge < -0.3 is 4.90 Å². The third kappa shape index (κ3) is 2.39. The Kier molecular flexibility index (Phi) is 3.63. The lowest BCUT2D eigenvalue weighted by Gasteiger charge is -2.30. The molecule has 1 aliphatic heterocycles. The number of anilines is 1. The number of nitro groups is 1. The summed E-state index contributed by atoms with van der Waals surface area (Å²) in [5, 5.41) is 13.0. The van der Waals surface area contributed by atoms with E-state index in [9.17, 15) is 10.1 Å². The summed E-state index contributed by atoms with van der Waals surface area (Å²) >= 11 is 7.76. The molecular formula is C14H13ClN2O2S. The fourth-order valence-corrected chi connectivity index (χ4v) is 3.66. The lowest BCUT2D eigenvalue weighted by atomic mass is 10.1. The van der Waals surface area contributed by atoms with Crippen molar-refractivity contribution in [3.63, 3.8) is 0 Å². The number of nitro benzene ring substituents is 1. The monoisotopic (exact) mass is 308 g/mol. The highest BCUT2D eigenvalue weighted by Crippen LogP contribution is 2.32. The van der Waals surface area contributed by atoms with E-state index < -0.39 is 0 Å². The number of nitrogens with zero attached hydrogens (tertiary/aromatic N) is 2. The molecule has 0 amide bonds. The maximum absolute atomic E-state index is 10.8. The van der Waals surface area contributed by atoms with Crippen LogP contribution in [0.2, 0.25) is 0 Å². The van der Waals surface area contributed by atoms with Crippen molar-refractivity contribution >= 4 is 34.3 Å². The summed E-state index contributed by atoms with van der Waals surface area (Å²) < 4.78 is 0. The van der Waals surface area contributed by atoms with E-state index in [1.807, 2.05) is 6.07 Å². The number of rotatable bonds is 3. The fraction of sp³-hybridized carbons (Fsp3) is 0.286. The highest BCUT2D eigenvalue weighted by molar-refractivity contribution is 7.10. The molecule has 0 radical (unpaired) electrons. The molecule has 2 heterocycles. The van der Waals surface area contributed by atoms with E-state index in [1.54, 1.807) is 23.5 Å². The minimum atomic E-state index is -0.382. The molecule has 104 valence electrons. The number of benzene rings is 1. The lowest BCUT2D eigenvalue weighted by Crippen LogP contribution is -2.30. The molecule has 0 fully saturated rings. The Labute approximate surface area is 125 Å². The molecule has 1 aliphatic rings. The number of alkyl halides is 1. The quantitative estimate of drug-likeness (QED) is 0.490. The van der Waals surface area contributed by atoms with E-state index >= 15 is 0 Å². The largest absolute Gasteiger partial charge is 0.367 e. The molecule has 0 N–H and O–H groups in total. The summed E-state index contributed by atoms with van der Waals surface area (Å²) in [4.78, 5) is 14.1. The van der Waals surface area contributed by atoms with Crippen molar-refractivity contribution in [3.05, 3.63) is 55.8 Å². The molecule has 0 atom stereocenters. The zero-order chi connectivity index (χ0) is 14.1. The predicted molar refractivity (Wildman–Crippen MR) is 81.7 cm³/mol. The van der Waals surface area contributed by atoms with Crippen molar-refractivity contribution in [2.24, 2.45) is 0 Å². The summed E-state index contributed by atoms with van der Waals surface area (Å²) in [6.45, 7) is 1.77. The molecular weight excluding hydrogens is 296 g/mol. The first-order valence-corrected chi connectivity index (χ1v) is 7.74. The second-order valence-electron chi connectivity index (χ2n) is 4.74. The van der Waals surface area contributed by atoms with Gasteiger partial charge in [0.05, 0.1) is 4.92 Å². The van der Waals surface area contributed by atoms with E-state index in [-0.39, 0.29) is 16.5 Å². The third-order valence-corrected chi connectivity index (χ3v) is 4.88. The van der Waals surface area contributed by atoms with Crippen molar-refractivity contribution in [3.8, 4) is 0 Å². The van der Waals surface area contributed by atoms with Crippen LogP contribution < -0.4 is 4.90 Å². The Balaban J connectivity index is 1.93. The van der Waals surface area contributed by atoms with Gasteiger partial charge in [0.25, 0.3) is 5.69 Å². The Morgan fingerprint density at radius 2 is 2.25 bits per heavy atom. The third-order valence-electron chi connectivity index (χ3n) is 3.57. The van der Waals surface area contributed by atoms with Gasteiger partial charge >= 0.3 is 0 Å². The van der Waals surface area contributed by atoms with Gasteiger partial charge in [0.2, 0.25) is 0 Å². The topological polar surface area (TPSA) is 46.4 Å². The summed E-state index contributed by atoms with van der Waals surface area (Å²) in [5.74, 6) is 0.282. The van der Waals surface area contributed by atoms with Gasteiger partial charge in [0, 0.05) is 41.7 Å². The second-order valence-corrected chi connectivity index (χ2v) is 6.01. The zero-order valence-electron chi connectivity index (χ0n) is 10.7. The Morgan fingerprint density at radius 1 is 1.40 bits per heavy atom. The Hall–Kier alpha value is -1.59. The van der Waals surface area contributed by atoms with Crippen LogP contribution in [0.4, 0.5) is 11.4 Å². The molecule has 1 aromatic heterocycles. The molecule has 2 aromatic rings. The van der Waals surface area contributed by atoms with Crippen LogP contribution in [0.3, 0.4) is 0 Å². The lowest BCUT2D eigenvalue weighted by molar-refractivity contribution is -0.384. The SMILES string of the molecule is O=[N+]([O-])c1ccc(N2CCc3sccc3C2)c(CCl)c1. The molecule has 0 saturated heterocycles. The molecule has 0 spiro atoms. The standard InChI is InChI=1S/C14H13ClN2O2S/c15-8-11-7-12(17(18)19)1-2-13(11)16-5-3-14-10(9-16)4-6-20-14/h1-2,4,6-7H,3,5,8-9H2. The summed E-state index contributed by atoms with van der Waals surface area (Å²) in [6.07, 6.45) is 1.02. The van der Waals surface area contributed by atoms with Crippen LogP contribution in [-0.2, 0) is 18.8 Å². The van der Waals surface area contributed by atoms with E-state index in [4.69, 9.17) is 11.6 Å². The van der Waals surface area contributed by atoms with Gasteiger partial charge in [0.15, 0.2) is 0 Å². The van der Waals surface area contributed by atoms with E-state index in [0.29, 0.717) is 0 Å². The van der Waals surface area contributed by atoms with Gasteiger partial charge in [-0.15, -0.1) is 22.9 Å². The number of thiophene rings is 1. The highest BCUT2D eigenvalue weighted by Gasteiger charge is 2.20. The Morgan fingerprint density at radius 3 is 3.00 bits per heavy atom.